The zero-order chi connectivity index (χ0) is 18.6. The van der Waals surface area contributed by atoms with Crippen LogP contribution < -0.4 is 15.0 Å². The molecule has 1 fully saturated rings. The van der Waals surface area contributed by atoms with E-state index >= 15 is 0 Å². The third kappa shape index (κ3) is 3.74. The lowest BCUT2D eigenvalue weighted by atomic mass is 10.1. The van der Waals surface area contributed by atoms with Crippen molar-refractivity contribution < 1.29 is 9.53 Å². The minimum atomic E-state index is -0.303. The average Bonchev–Trinajstić information content (AvgIpc) is 3.40. The highest BCUT2D eigenvalue weighted by atomic mass is 16.5. The Morgan fingerprint density at radius 2 is 2.04 bits per heavy atom. The van der Waals surface area contributed by atoms with Gasteiger partial charge in [-0.1, -0.05) is 12.1 Å². The summed E-state index contributed by atoms with van der Waals surface area (Å²) in [5, 5.41) is 9.79. The summed E-state index contributed by atoms with van der Waals surface area (Å²) in [4.78, 5) is 23.2. The number of carbonyl (C=O) groups is 1. The number of methoxy groups -OCH3 is 1. The van der Waals surface area contributed by atoms with E-state index in [0.717, 1.165) is 43.1 Å². The van der Waals surface area contributed by atoms with Gasteiger partial charge < -0.3 is 15.0 Å². The highest BCUT2D eigenvalue weighted by Crippen LogP contribution is 2.23. The third-order valence-electron chi connectivity index (χ3n) is 4.51. The Kier molecular flexibility index (Phi) is 4.69. The molecule has 138 valence electrons. The maximum atomic E-state index is 12.5. The summed E-state index contributed by atoms with van der Waals surface area (Å²) in [6, 6.07) is 11.0. The fourth-order valence-electron chi connectivity index (χ4n) is 3.09. The van der Waals surface area contributed by atoms with Gasteiger partial charge in [0.2, 0.25) is 0 Å². The van der Waals surface area contributed by atoms with Crippen molar-refractivity contribution in [3.05, 3.63) is 48.4 Å². The van der Waals surface area contributed by atoms with Gasteiger partial charge in [0.05, 0.1) is 12.8 Å². The maximum absolute atomic E-state index is 12.5. The molecule has 0 spiro atoms. The molecule has 0 unspecified atom stereocenters. The first-order valence-corrected chi connectivity index (χ1v) is 8.81. The van der Waals surface area contributed by atoms with Crippen molar-refractivity contribution in [1.82, 2.24) is 20.2 Å². The van der Waals surface area contributed by atoms with Crippen molar-refractivity contribution >= 4 is 17.5 Å². The second-order valence-corrected chi connectivity index (χ2v) is 6.31. The van der Waals surface area contributed by atoms with Crippen LogP contribution >= 0.6 is 0 Å². The molecule has 2 N–H and O–H groups in total. The molecule has 1 aromatic carbocycles. The van der Waals surface area contributed by atoms with Crippen LogP contribution in [0.2, 0.25) is 0 Å². The summed E-state index contributed by atoms with van der Waals surface area (Å²) in [7, 11) is 1.61. The molecule has 3 aromatic rings. The minimum absolute atomic E-state index is 0.303. The number of aromatic amines is 1. The largest absolute Gasteiger partial charge is 0.497 e. The molecule has 1 aliphatic rings. The summed E-state index contributed by atoms with van der Waals surface area (Å²) in [6.45, 7) is 1.96. The van der Waals surface area contributed by atoms with Gasteiger partial charge in [0, 0.05) is 24.7 Å². The van der Waals surface area contributed by atoms with E-state index in [2.05, 4.69) is 30.4 Å². The number of hydrogen-bond donors (Lipinski definition) is 2. The van der Waals surface area contributed by atoms with Crippen LogP contribution in [-0.4, -0.2) is 46.3 Å². The van der Waals surface area contributed by atoms with E-state index in [1.54, 1.807) is 19.2 Å². The van der Waals surface area contributed by atoms with Gasteiger partial charge in [-0.15, -0.1) is 0 Å². The number of hydrogen-bond acceptors (Lipinski definition) is 6. The number of H-pyrrole nitrogens is 1. The Hall–Kier alpha value is -3.42. The molecule has 0 saturated carbocycles. The van der Waals surface area contributed by atoms with Gasteiger partial charge in [-0.05, 0) is 31.0 Å². The second-order valence-electron chi connectivity index (χ2n) is 6.31. The molecule has 0 radical (unpaired) electrons. The number of carbonyl (C=O) groups excluding carboxylic acids is 1. The van der Waals surface area contributed by atoms with E-state index in [1.807, 2.05) is 24.3 Å². The molecule has 0 bridgehead atoms. The van der Waals surface area contributed by atoms with E-state index in [-0.39, 0.29) is 5.91 Å². The van der Waals surface area contributed by atoms with Crippen molar-refractivity contribution in [2.75, 3.05) is 30.4 Å². The third-order valence-corrected chi connectivity index (χ3v) is 4.51. The monoisotopic (exact) mass is 364 g/mol. The summed E-state index contributed by atoms with van der Waals surface area (Å²) >= 11 is 0. The molecular formula is C19H20N6O2. The molecule has 8 heteroatoms. The van der Waals surface area contributed by atoms with Crippen molar-refractivity contribution in [1.29, 1.82) is 0 Å². The second kappa shape index (κ2) is 7.45. The van der Waals surface area contributed by atoms with Crippen LogP contribution in [0, 0.1) is 0 Å². The predicted molar refractivity (Wildman–Crippen MR) is 102 cm³/mol. The van der Waals surface area contributed by atoms with Crippen LogP contribution in [-0.2, 0) is 0 Å². The Morgan fingerprint density at radius 3 is 2.85 bits per heavy atom. The Bertz CT molecular complexity index is 949. The van der Waals surface area contributed by atoms with Crippen LogP contribution in [0.25, 0.3) is 11.3 Å². The normalized spacial score (nSPS) is 13.6. The van der Waals surface area contributed by atoms with Crippen LogP contribution in [0.3, 0.4) is 0 Å². The number of benzene rings is 1. The van der Waals surface area contributed by atoms with E-state index < -0.39 is 0 Å². The quantitative estimate of drug-likeness (QED) is 0.723. The summed E-state index contributed by atoms with van der Waals surface area (Å²) in [6.07, 6.45) is 3.79. The number of nitrogens with one attached hydrogen (secondary N) is 2. The molecule has 0 atom stereocenters. The zero-order valence-electron chi connectivity index (χ0n) is 15.0. The summed E-state index contributed by atoms with van der Waals surface area (Å²) in [5.74, 6) is 1.73. The van der Waals surface area contributed by atoms with Crippen LogP contribution in [0.5, 0.6) is 5.75 Å². The molecule has 2 aromatic heterocycles. The summed E-state index contributed by atoms with van der Waals surface area (Å²) in [5.41, 5.74) is 1.89. The zero-order valence-corrected chi connectivity index (χ0v) is 15.0. The molecule has 0 aliphatic carbocycles. The van der Waals surface area contributed by atoms with Crippen molar-refractivity contribution in [2.45, 2.75) is 12.8 Å². The van der Waals surface area contributed by atoms with E-state index in [9.17, 15) is 4.79 Å². The van der Waals surface area contributed by atoms with Crippen molar-refractivity contribution in [2.24, 2.45) is 0 Å². The fraction of sp³-hybridized carbons (Fsp3) is 0.263. The Balaban J connectivity index is 1.49. The van der Waals surface area contributed by atoms with Gasteiger partial charge in [0.1, 0.15) is 29.4 Å². The number of nitrogens with zero attached hydrogens (tertiary/aromatic N) is 4. The topological polar surface area (TPSA) is 96.0 Å². The van der Waals surface area contributed by atoms with E-state index in [1.165, 1.54) is 6.33 Å². The SMILES string of the molecule is COc1cccc(-c2cc(C(=O)Nc3cc(N4CCCC4)ncn3)[nH]n2)c1. The van der Waals surface area contributed by atoms with Gasteiger partial charge in [0.15, 0.2) is 0 Å². The molecule has 27 heavy (non-hydrogen) atoms. The van der Waals surface area contributed by atoms with E-state index in [0.29, 0.717) is 17.2 Å². The van der Waals surface area contributed by atoms with Gasteiger partial charge in [0.25, 0.3) is 5.91 Å². The van der Waals surface area contributed by atoms with Crippen LogP contribution in [0.15, 0.2) is 42.7 Å². The first kappa shape index (κ1) is 17.0. The van der Waals surface area contributed by atoms with Gasteiger partial charge >= 0.3 is 0 Å². The first-order valence-electron chi connectivity index (χ1n) is 8.81. The lowest BCUT2D eigenvalue weighted by Gasteiger charge is -2.16. The number of anilines is 2. The highest BCUT2D eigenvalue weighted by molar-refractivity contribution is 6.03. The molecule has 1 amide bonds. The molecule has 1 saturated heterocycles. The number of ether oxygens (including phenoxy) is 1. The van der Waals surface area contributed by atoms with E-state index in [4.69, 9.17) is 4.74 Å². The summed E-state index contributed by atoms with van der Waals surface area (Å²) < 4.78 is 5.23. The smallest absolute Gasteiger partial charge is 0.274 e. The Morgan fingerprint density at radius 1 is 1.19 bits per heavy atom. The van der Waals surface area contributed by atoms with Crippen LogP contribution in [0.4, 0.5) is 11.6 Å². The van der Waals surface area contributed by atoms with Gasteiger partial charge in [-0.25, -0.2) is 9.97 Å². The molecule has 8 nitrogen and oxygen atoms in total. The van der Waals surface area contributed by atoms with Crippen molar-refractivity contribution in [3.63, 3.8) is 0 Å². The lowest BCUT2D eigenvalue weighted by molar-refractivity contribution is 0.102. The molecular weight excluding hydrogens is 344 g/mol. The number of rotatable bonds is 5. The Labute approximate surface area is 156 Å². The molecule has 4 rings (SSSR count). The number of amides is 1. The van der Waals surface area contributed by atoms with Gasteiger partial charge in [-0.3, -0.25) is 9.89 Å². The van der Waals surface area contributed by atoms with Crippen molar-refractivity contribution in [3.8, 4) is 17.0 Å². The predicted octanol–water partition coefficient (Wildman–Crippen LogP) is 2.73. The highest BCUT2D eigenvalue weighted by Gasteiger charge is 2.16. The average molecular weight is 364 g/mol. The number of aromatic nitrogens is 4. The first-order chi connectivity index (χ1) is 13.2. The van der Waals surface area contributed by atoms with Crippen LogP contribution in [0.1, 0.15) is 23.3 Å². The minimum Gasteiger partial charge on any atom is -0.497 e. The molecule has 3 heterocycles. The standard InChI is InChI=1S/C19H20N6O2/c1-27-14-6-4-5-13(9-14)15-10-16(24-23-15)19(26)22-17-11-18(21-12-20-17)25-7-2-3-8-25/h4-6,9-12H,2-3,7-8H2,1H3,(H,23,24)(H,20,21,22,26). The maximum Gasteiger partial charge on any atom is 0.274 e. The lowest BCUT2D eigenvalue weighted by Crippen LogP contribution is -2.20. The fourth-order valence-corrected chi connectivity index (χ4v) is 3.09. The molecule has 1 aliphatic heterocycles. The van der Waals surface area contributed by atoms with Gasteiger partial charge in [-0.2, -0.15) is 5.10 Å².